The van der Waals surface area contributed by atoms with Gasteiger partial charge >= 0.3 is 0 Å². The molecule has 1 fully saturated rings. The molecule has 4 nitrogen and oxygen atoms in total. The zero-order valence-corrected chi connectivity index (χ0v) is 10.9. The van der Waals surface area contributed by atoms with E-state index in [1.807, 2.05) is 20.8 Å². The molecule has 4 heteroatoms. The number of hydrogen-bond acceptors (Lipinski definition) is 3. The third-order valence-electron chi connectivity index (χ3n) is 3.40. The highest BCUT2D eigenvalue weighted by atomic mass is 16.2. The van der Waals surface area contributed by atoms with E-state index in [1.54, 1.807) is 0 Å². The van der Waals surface area contributed by atoms with Crippen molar-refractivity contribution in [1.29, 1.82) is 0 Å². The lowest BCUT2D eigenvalue weighted by molar-refractivity contribution is -0.124. The van der Waals surface area contributed by atoms with Gasteiger partial charge in [0.25, 0.3) is 0 Å². The van der Waals surface area contributed by atoms with Crippen LogP contribution in [0.4, 0.5) is 0 Å². The molecule has 2 atom stereocenters. The summed E-state index contributed by atoms with van der Waals surface area (Å²) < 4.78 is 0. The summed E-state index contributed by atoms with van der Waals surface area (Å²) in [6, 6.07) is 0.0512. The van der Waals surface area contributed by atoms with E-state index < -0.39 is 6.04 Å². The average Bonchev–Trinajstić information content (AvgIpc) is 2.58. The Morgan fingerprint density at radius 3 is 2.62 bits per heavy atom. The number of likely N-dealkylation sites (N-methyl/N-ethyl adjacent to an activating group) is 1. The first-order valence-electron chi connectivity index (χ1n) is 6.06. The Kier molecular flexibility index (Phi) is 4.33. The number of rotatable bonds is 3. The maximum Gasteiger partial charge on any atom is 0.237 e. The lowest BCUT2D eigenvalue weighted by atomic mass is 9.87. The van der Waals surface area contributed by atoms with Gasteiger partial charge in [-0.1, -0.05) is 20.8 Å². The molecule has 0 aromatic heterocycles. The fourth-order valence-corrected chi connectivity index (χ4v) is 1.96. The van der Waals surface area contributed by atoms with Crippen LogP contribution >= 0.6 is 0 Å². The monoisotopic (exact) mass is 227 g/mol. The predicted octanol–water partition coefficient (Wildman–Crippen LogP) is 0.570. The molecule has 0 bridgehead atoms. The third kappa shape index (κ3) is 3.46. The molecule has 0 aromatic carbocycles. The highest BCUT2D eigenvalue weighted by Crippen LogP contribution is 2.18. The minimum Gasteiger partial charge on any atom is -0.353 e. The summed E-state index contributed by atoms with van der Waals surface area (Å²) in [4.78, 5) is 14.1. The van der Waals surface area contributed by atoms with E-state index in [1.165, 1.54) is 12.8 Å². The van der Waals surface area contributed by atoms with Gasteiger partial charge in [-0.15, -0.1) is 0 Å². The van der Waals surface area contributed by atoms with E-state index in [4.69, 9.17) is 5.73 Å². The van der Waals surface area contributed by atoms with Crippen LogP contribution in [0.15, 0.2) is 0 Å². The lowest BCUT2D eigenvalue weighted by Gasteiger charge is -2.27. The molecule has 1 saturated heterocycles. The number of amides is 1. The van der Waals surface area contributed by atoms with E-state index in [0.717, 1.165) is 13.1 Å². The van der Waals surface area contributed by atoms with Crippen LogP contribution in [0.5, 0.6) is 0 Å². The summed E-state index contributed by atoms with van der Waals surface area (Å²) in [5, 5.41) is 2.96. The number of likely N-dealkylation sites (tertiary alicyclic amines) is 1. The van der Waals surface area contributed by atoms with Gasteiger partial charge in [-0.3, -0.25) is 4.79 Å². The number of hydrogen-bond donors (Lipinski definition) is 2. The molecule has 3 N–H and O–H groups in total. The Morgan fingerprint density at radius 2 is 2.19 bits per heavy atom. The van der Waals surface area contributed by atoms with Gasteiger partial charge in [-0.2, -0.15) is 0 Å². The second kappa shape index (κ2) is 5.15. The molecule has 1 aliphatic heterocycles. The van der Waals surface area contributed by atoms with Crippen molar-refractivity contribution in [3.8, 4) is 0 Å². The SMILES string of the molecule is CN1CCCC1CNC(=O)C(N)C(C)(C)C. The van der Waals surface area contributed by atoms with Crippen LogP contribution in [0.2, 0.25) is 0 Å². The van der Waals surface area contributed by atoms with Crippen molar-refractivity contribution in [3.05, 3.63) is 0 Å². The summed E-state index contributed by atoms with van der Waals surface area (Å²) in [7, 11) is 2.10. The molecule has 0 radical (unpaired) electrons. The molecule has 0 aromatic rings. The maximum absolute atomic E-state index is 11.8. The van der Waals surface area contributed by atoms with Gasteiger partial charge in [0.15, 0.2) is 0 Å². The van der Waals surface area contributed by atoms with Gasteiger partial charge in [0.05, 0.1) is 6.04 Å². The molecule has 0 saturated carbocycles. The van der Waals surface area contributed by atoms with E-state index in [-0.39, 0.29) is 11.3 Å². The van der Waals surface area contributed by atoms with Crippen molar-refractivity contribution >= 4 is 5.91 Å². The van der Waals surface area contributed by atoms with E-state index in [0.29, 0.717) is 6.04 Å². The summed E-state index contributed by atoms with van der Waals surface area (Å²) in [6.45, 7) is 7.81. The minimum absolute atomic E-state index is 0.0344. The van der Waals surface area contributed by atoms with Crippen LogP contribution < -0.4 is 11.1 Å². The van der Waals surface area contributed by atoms with Crippen molar-refractivity contribution in [2.45, 2.75) is 45.7 Å². The smallest absolute Gasteiger partial charge is 0.237 e. The standard InChI is InChI=1S/C12H25N3O/c1-12(2,3)10(13)11(16)14-8-9-6-5-7-15(9)4/h9-10H,5-8,13H2,1-4H3,(H,14,16). The molecule has 16 heavy (non-hydrogen) atoms. The first kappa shape index (κ1) is 13.5. The number of nitrogens with one attached hydrogen (secondary N) is 1. The molecule has 1 rings (SSSR count). The Labute approximate surface area is 98.6 Å². The molecule has 1 amide bonds. The lowest BCUT2D eigenvalue weighted by Crippen LogP contribution is -2.51. The molecule has 1 aliphatic rings. The Morgan fingerprint density at radius 1 is 1.56 bits per heavy atom. The van der Waals surface area contributed by atoms with Gasteiger partial charge in [0.1, 0.15) is 0 Å². The summed E-state index contributed by atoms with van der Waals surface area (Å²) >= 11 is 0. The maximum atomic E-state index is 11.8. The van der Waals surface area contributed by atoms with Crippen molar-refractivity contribution in [2.75, 3.05) is 20.1 Å². The van der Waals surface area contributed by atoms with Crippen LogP contribution in [0.3, 0.4) is 0 Å². The van der Waals surface area contributed by atoms with Crippen molar-refractivity contribution in [2.24, 2.45) is 11.1 Å². The average molecular weight is 227 g/mol. The van der Waals surface area contributed by atoms with Crippen LogP contribution in [0.1, 0.15) is 33.6 Å². The van der Waals surface area contributed by atoms with Crippen molar-refractivity contribution in [1.82, 2.24) is 10.2 Å². The van der Waals surface area contributed by atoms with Crippen LogP contribution in [0, 0.1) is 5.41 Å². The first-order chi connectivity index (χ1) is 7.32. The highest BCUT2D eigenvalue weighted by molar-refractivity contribution is 5.82. The second-order valence-electron chi connectivity index (χ2n) is 5.87. The van der Waals surface area contributed by atoms with E-state index in [2.05, 4.69) is 17.3 Å². The van der Waals surface area contributed by atoms with Gasteiger partial charge in [0.2, 0.25) is 5.91 Å². The zero-order valence-electron chi connectivity index (χ0n) is 10.9. The van der Waals surface area contributed by atoms with Crippen molar-refractivity contribution < 1.29 is 4.79 Å². The highest BCUT2D eigenvalue weighted by Gasteiger charge is 2.28. The van der Waals surface area contributed by atoms with Gasteiger partial charge < -0.3 is 16.0 Å². The fraction of sp³-hybridized carbons (Fsp3) is 0.917. The number of nitrogens with zero attached hydrogens (tertiary/aromatic N) is 1. The molecular weight excluding hydrogens is 202 g/mol. The quantitative estimate of drug-likeness (QED) is 0.741. The molecule has 2 unspecified atom stereocenters. The summed E-state index contributed by atoms with van der Waals surface area (Å²) in [6.07, 6.45) is 2.39. The zero-order chi connectivity index (χ0) is 12.3. The number of nitrogens with two attached hydrogens (primary N) is 1. The Balaban J connectivity index is 2.35. The van der Waals surface area contributed by atoms with Crippen LogP contribution in [0.25, 0.3) is 0 Å². The van der Waals surface area contributed by atoms with E-state index in [9.17, 15) is 4.79 Å². The molecule has 0 aliphatic carbocycles. The minimum atomic E-state index is -0.431. The van der Waals surface area contributed by atoms with Gasteiger partial charge in [0, 0.05) is 12.6 Å². The predicted molar refractivity (Wildman–Crippen MR) is 66.1 cm³/mol. The first-order valence-corrected chi connectivity index (χ1v) is 6.06. The third-order valence-corrected chi connectivity index (χ3v) is 3.40. The molecule has 94 valence electrons. The normalized spacial score (nSPS) is 24.4. The Hall–Kier alpha value is -0.610. The van der Waals surface area contributed by atoms with Crippen LogP contribution in [-0.4, -0.2) is 43.0 Å². The summed E-state index contributed by atoms with van der Waals surface area (Å²) in [5.41, 5.74) is 5.71. The topological polar surface area (TPSA) is 58.4 Å². The molecule has 0 spiro atoms. The molecular formula is C12H25N3O. The number of carbonyl (C=O) groups excluding carboxylic acids is 1. The second-order valence-corrected chi connectivity index (χ2v) is 5.87. The van der Waals surface area contributed by atoms with Crippen LogP contribution in [-0.2, 0) is 4.79 Å². The van der Waals surface area contributed by atoms with Gasteiger partial charge in [-0.05, 0) is 31.8 Å². The Bertz CT molecular complexity index is 247. The van der Waals surface area contributed by atoms with E-state index >= 15 is 0 Å². The van der Waals surface area contributed by atoms with Gasteiger partial charge in [-0.25, -0.2) is 0 Å². The fourth-order valence-electron chi connectivity index (χ4n) is 1.96. The largest absolute Gasteiger partial charge is 0.353 e. The summed E-state index contributed by atoms with van der Waals surface area (Å²) in [5.74, 6) is -0.0344. The van der Waals surface area contributed by atoms with Crippen molar-refractivity contribution in [3.63, 3.8) is 0 Å². The number of carbonyl (C=O) groups is 1. The molecule has 1 heterocycles.